The smallest absolute Gasteiger partial charge is 0.319 e. The monoisotopic (exact) mass is 431 g/mol. The van der Waals surface area contributed by atoms with Crippen LogP contribution >= 0.6 is 0 Å². The fraction of sp³-hybridized carbons (Fsp3) is 0.565. The van der Waals surface area contributed by atoms with Crippen LogP contribution in [0, 0.1) is 6.92 Å². The Labute approximate surface area is 184 Å². The van der Waals surface area contributed by atoms with E-state index in [0.717, 1.165) is 36.7 Å². The number of nitrogens with zero attached hydrogens (tertiary/aromatic N) is 3. The summed E-state index contributed by atoms with van der Waals surface area (Å²) in [4.78, 5) is 10.9. The zero-order chi connectivity index (χ0) is 22.4. The molecule has 0 unspecified atom stereocenters. The lowest BCUT2D eigenvalue weighted by molar-refractivity contribution is -0.0303. The molecule has 1 aromatic carbocycles. The van der Waals surface area contributed by atoms with E-state index in [9.17, 15) is 5.11 Å². The summed E-state index contributed by atoms with van der Waals surface area (Å²) in [5.74, 6) is 1.85. The average Bonchev–Trinajstić information content (AvgIpc) is 2.77. The van der Waals surface area contributed by atoms with Crippen molar-refractivity contribution in [3.05, 3.63) is 35.0 Å². The fourth-order valence-electron chi connectivity index (χ4n) is 3.90. The topological polar surface area (TPSA) is 86.2 Å². The van der Waals surface area contributed by atoms with E-state index in [4.69, 9.17) is 18.9 Å². The molecule has 1 aromatic heterocycles. The lowest BCUT2D eigenvalue weighted by Crippen LogP contribution is -2.42. The number of benzene rings is 1. The number of aromatic nitrogens is 2. The first kappa shape index (κ1) is 23.1. The van der Waals surface area contributed by atoms with Crippen molar-refractivity contribution >= 4 is 0 Å². The van der Waals surface area contributed by atoms with E-state index in [-0.39, 0.29) is 6.01 Å². The molecule has 0 aliphatic carbocycles. The number of ether oxygens (including phenoxy) is 4. The van der Waals surface area contributed by atoms with Crippen molar-refractivity contribution in [1.29, 1.82) is 0 Å². The van der Waals surface area contributed by atoms with E-state index < -0.39 is 5.60 Å². The van der Waals surface area contributed by atoms with Crippen molar-refractivity contribution in [3.63, 3.8) is 0 Å². The molecule has 1 aliphatic rings. The zero-order valence-corrected chi connectivity index (χ0v) is 19.1. The Morgan fingerprint density at radius 3 is 2.29 bits per heavy atom. The van der Waals surface area contributed by atoms with Crippen LogP contribution in [0.1, 0.15) is 43.4 Å². The minimum absolute atomic E-state index is 0.264. The fourth-order valence-corrected chi connectivity index (χ4v) is 3.90. The van der Waals surface area contributed by atoms with E-state index in [1.807, 2.05) is 26.0 Å². The first-order chi connectivity index (χ1) is 14.9. The lowest BCUT2D eigenvalue weighted by atomic mass is 9.85. The number of likely N-dealkylation sites (tertiary alicyclic amines) is 1. The van der Waals surface area contributed by atoms with Gasteiger partial charge < -0.3 is 24.1 Å². The number of aliphatic hydroxyl groups is 1. The van der Waals surface area contributed by atoms with Crippen LogP contribution in [0.2, 0.25) is 0 Å². The Hall–Kier alpha value is -2.58. The number of hydrogen-bond acceptors (Lipinski definition) is 8. The minimum Gasteiger partial charge on any atom is -0.493 e. The summed E-state index contributed by atoms with van der Waals surface area (Å²) < 4.78 is 21.9. The van der Waals surface area contributed by atoms with Crippen LogP contribution in [0.4, 0.5) is 0 Å². The van der Waals surface area contributed by atoms with Gasteiger partial charge in [0.05, 0.1) is 38.6 Å². The maximum absolute atomic E-state index is 11.4. The first-order valence-corrected chi connectivity index (χ1v) is 10.7. The Morgan fingerprint density at radius 2 is 1.68 bits per heavy atom. The maximum Gasteiger partial charge on any atom is 0.319 e. The molecule has 1 fully saturated rings. The highest BCUT2D eigenvalue weighted by Gasteiger charge is 2.37. The van der Waals surface area contributed by atoms with Crippen molar-refractivity contribution in [2.45, 2.75) is 45.8 Å². The quantitative estimate of drug-likeness (QED) is 0.648. The Kier molecular flexibility index (Phi) is 7.56. The molecule has 1 N–H and O–H groups in total. The number of aryl methyl sites for hydroxylation is 1. The van der Waals surface area contributed by atoms with Crippen LogP contribution in [0.25, 0.3) is 0 Å². The highest BCUT2D eigenvalue weighted by molar-refractivity contribution is 5.47. The van der Waals surface area contributed by atoms with E-state index >= 15 is 0 Å². The molecule has 0 bridgehead atoms. The van der Waals surface area contributed by atoms with Gasteiger partial charge in [-0.2, -0.15) is 4.98 Å². The van der Waals surface area contributed by atoms with Gasteiger partial charge in [0.2, 0.25) is 5.88 Å². The molecular formula is C23H33N3O5. The van der Waals surface area contributed by atoms with Crippen LogP contribution in [0.5, 0.6) is 23.4 Å². The molecule has 2 heterocycles. The summed E-state index contributed by atoms with van der Waals surface area (Å²) in [6.45, 7) is 9.02. The molecule has 0 saturated carbocycles. The average molecular weight is 432 g/mol. The Morgan fingerprint density at radius 1 is 1.03 bits per heavy atom. The molecule has 1 saturated heterocycles. The second-order valence-electron chi connectivity index (χ2n) is 7.68. The molecular weight excluding hydrogens is 398 g/mol. The summed E-state index contributed by atoms with van der Waals surface area (Å²) in [6.07, 6.45) is 2.77. The Bertz CT molecular complexity index is 882. The normalized spacial score (nSPS) is 16.1. The molecule has 8 nitrogen and oxygen atoms in total. The van der Waals surface area contributed by atoms with Crippen molar-refractivity contribution < 1.29 is 24.1 Å². The third-order valence-corrected chi connectivity index (χ3v) is 5.71. The zero-order valence-electron chi connectivity index (χ0n) is 19.1. The Balaban J connectivity index is 1.73. The van der Waals surface area contributed by atoms with Gasteiger partial charge in [0.15, 0.2) is 11.5 Å². The molecule has 2 aromatic rings. The number of rotatable bonds is 9. The lowest BCUT2D eigenvalue weighted by Gasteiger charge is -2.38. The number of hydrogen-bond donors (Lipinski definition) is 1. The van der Waals surface area contributed by atoms with Gasteiger partial charge in [0, 0.05) is 25.8 Å². The first-order valence-electron chi connectivity index (χ1n) is 10.7. The number of methoxy groups -OCH3 is 2. The summed E-state index contributed by atoms with van der Waals surface area (Å²) in [6, 6.07) is 4.29. The maximum atomic E-state index is 11.4. The predicted molar refractivity (Wildman–Crippen MR) is 117 cm³/mol. The van der Waals surface area contributed by atoms with Gasteiger partial charge in [-0.1, -0.05) is 0 Å². The van der Waals surface area contributed by atoms with E-state index in [1.165, 1.54) is 5.56 Å². The molecule has 3 rings (SSSR count). The second-order valence-corrected chi connectivity index (χ2v) is 7.68. The molecule has 0 radical (unpaired) electrons. The van der Waals surface area contributed by atoms with Gasteiger partial charge in [0.1, 0.15) is 0 Å². The summed E-state index contributed by atoms with van der Waals surface area (Å²) in [7, 11) is 3.29. The van der Waals surface area contributed by atoms with Crippen molar-refractivity contribution in [2.75, 3.05) is 40.5 Å². The second kappa shape index (κ2) is 10.2. The summed E-state index contributed by atoms with van der Waals surface area (Å²) in [5.41, 5.74) is 1.93. The highest BCUT2D eigenvalue weighted by Crippen LogP contribution is 2.38. The van der Waals surface area contributed by atoms with Crippen LogP contribution in [-0.2, 0) is 12.1 Å². The third kappa shape index (κ3) is 5.19. The van der Waals surface area contributed by atoms with Crippen LogP contribution < -0.4 is 18.9 Å². The highest BCUT2D eigenvalue weighted by atomic mass is 16.5. The summed E-state index contributed by atoms with van der Waals surface area (Å²) >= 11 is 0. The van der Waals surface area contributed by atoms with Gasteiger partial charge in [0.25, 0.3) is 0 Å². The predicted octanol–water partition coefficient (Wildman–Crippen LogP) is 3.08. The third-order valence-electron chi connectivity index (χ3n) is 5.71. The largest absolute Gasteiger partial charge is 0.493 e. The summed E-state index contributed by atoms with van der Waals surface area (Å²) in [5, 5.41) is 11.4. The van der Waals surface area contributed by atoms with Gasteiger partial charge in [-0.25, -0.2) is 4.98 Å². The van der Waals surface area contributed by atoms with Gasteiger partial charge in [-0.3, -0.25) is 4.90 Å². The molecule has 31 heavy (non-hydrogen) atoms. The van der Waals surface area contributed by atoms with Crippen LogP contribution in [-0.4, -0.2) is 60.5 Å². The van der Waals surface area contributed by atoms with Gasteiger partial charge in [-0.05, 0) is 56.9 Å². The van der Waals surface area contributed by atoms with E-state index in [0.29, 0.717) is 37.5 Å². The van der Waals surface area contributed by atoms with E-state index in [1.54, 1.807) is 20.4 Å². The van der Waals surface area contributed by atoms with Crippen molar-refractivity contribution in [3.8, 4) is 23.4 Å². The number of piperidine rings is 1. The standard InChI is InChI=1S/C23H33N3O5/c1-6-30-21-18(14-24-22(25-21)31-7-2)23(27)8-10-26(11-9-23)15-17-13-20(29-5)19(28-4)12-16(17)3/h12-14,27H,6-11,15H2,1-5H3. The van der Waals surface area contributed by atoms with Gasteiger partial charge >= 0.3 is 6.01 Å². The minimum atomic E-state index is -1.03. The molecule has 0 spiro atoms. The van der Waals surface area contributed by atoms with Crippen LogP contribution in [0.3, 0.4) is 0 Å². The molecule has 8 heteroatoms. The van der Waals surface area contributed by atoms with E-state index in [2.05, 4.69) is 21.8 Å². The SMILES string of the molecule is CCOc1ncc(C2(O)CCN(Cc3cc(OC)c(OC)cc3C)CC2)c(OCC)n1. The van der Waals surface area contributed by atoms with Crippen LogP contribution in [0.15, 0.2) is 18.3 Å². The molecule has 0 amide bonds. The van der Waals surface area contributed by atoms with Gasteiger partial charge in [-0.15, -0.1) is 0 Å². The molecule has 0 atom stereocenters. The molecule has 1 aliphatic heterocycles. The van der Waals surface area contributed by atoms with Crippen molar-refractivity contribution in [1.82, 2.24) is 14.9 Å². The van der Waals surface area contributed by atoms with Crippen molar-refractivity contribution in [2.24, 2.45) is 0 Å². The molecule has 170 valence electrons.